The number of carbonyl (C=O) groups excluding carboxylic acids is 1. The Kier molecular flexibility index (Phi) is 4.35. The number of carbonyl (C=O) groups is 1. The Labute approximate surface area is 110 Å². The van der Waals surface area contributed by atoms with Gasteiger partial charge in [-0.05, 0) is 34.1 Å². The summed E-state index contributed by atoms with van der Waals surface area (Å²) >= 11 is 3.02. The van der Waals surface area contributed by atoms with E-state index in [1.165, 1.54) is 7.05 Å². The van der Waals surface area contributed by atoms with Crippen molar-refractivity contribution in [2.24, 2.45) is 0 Å². The lowest BCUT2D eigenvalue weighted by molar-refractivity contribution is -0.137. The average Bonchev–Trinajstić information content (AvgIpc) is 2.27. The minimum Gasteiger partial charge on any atom is -0.328 e. The van der Waals surface area contributed by atoms with Gasteiger partial charge in [-0.1, -0.05) is 0 Å². The molecule has 0 atom stereocenters. The van der Waals surface area contributed by atoms with Gasteiger partial charge in [0.15, 0.2) is 0 Å². The second-order valence-electron chi connectivity index (χ2n) is 3.51. The molecule has 0 radical (unpaired) electrons. The van der Waals surface area contributed by atoms with Crippen molar-refractivity contribution >= 4 is 21.8 Å². The van der Waals surface area contributed by atoms with Gasteiger partial charge in [0.2, 0.25) is 0 Å². The van der Waals surface area contributed by atoms with Crippen LogP contribution >= 0.6 is 15.9 Å². The number of amides is 1. The molecule has 18 heavy (non-hydrogen) atoms. The fraction of sp³-hybridized carbons (Fsp3) is 0.273. The summed E-state index contributed by atoms with van der Waals surface area (Å²) in [5.41, 5.74) is -1.03. The number of alkyl halides is 3. The molecule has 0 aliphatic heterocycles. The summed E-state index contributed by atoms with van der Waals surface area (Å²) in [6.45, 7) is -0.193. The largest absolute Gasteiger partial charge is 0.416 e. The molecule has 1 amide bonds. The smallest absolute Gasteiger partial charge is 0.328 e. The number of halogens is 4. The number of nitriles is 1. The summed E-state index contributed by atoms with van der Waals surface area (Å²) in [7, 11) is 1.35. The van der Waals surface area contributed by atoms with E-state index in [1.807, 2.05) is 0 Å². The van der Waals surface area contributed by atoms with Gasteiger partial charge in [0, 0.05) is 11.5 Å². The molecule has 0 fully saturated rings. The molecule has 7 heteroatoms. The Bertz CT molecular complexity index is 508. The van der Waals surface area contributed by atoms with Crippen molar-refractivity contribution in [3.63, 3.8) is 0 Å². The highest BCUT2D eigenvalue weighted by Gasteiger charge is 2.31. The molecule has 96 valence electrons. The third-order valence-corrected chi connectivity index (χ3v) is 2.87. The molecule has 3 nitrogen and oxygen atoms in total. The fourth-order valence-corrected chi connectivity index (χ4v) is 1.67. The van der Waals surface area contributed by atoms with Crippen LogP contribution in [0, 0.1) is 11.3 Å². The van der Waals surface area contributed by atoms with Crippen LogP contribution in [0.4, 0.5) is 13.2 Å². The van der Waals surface area contributed by atoms with Crippen molar-refractivity contribution < 1.29 is 18.0 Å². The normalized spacial score (nSPS) is 10.9. The Morgan fingerprint density at radius 2 is 2.11 bits per heavy atom. The van der Waals surface area contributed by atoms with Gasteiger partial charge in [-0.2, -0.15) is 18.4 Å². The summed E-state index contributed by atoms with van der Waals surface area (Å²) in [5, 5.41) is 8.45. The first-order chi connectivity index (χ1) is 8.27. The highest BCUT2D eigenvalue weighted by atomic mass is 79.9. The van der Waals surface area contributed by atoms with E-state index in [-0.39, 0.29) is 16.6 Å². The van der Waals surface area contributed by atoms with Crippen LogP contribution in [0.25, 0.3) is 0 Å². The van der Waals surface area contributed by atoms with Crippen LogP contribution in [-0.4, -0.2) is 24.4 Å². The number of hydrogen-bond acceptors (Lipinski definition) is 2. The van der Waals surface area contributed by atoms with Gasteiger partial charge in [0.1, 0.15) is 6.54 Å². The molecule has 0 saturated heterocycles. The molecule has 0 N–H and O–H groups in total. The molecule has 0 heterocycles. The van der Waals surface area contributed by atoms with Gasteiger partial charge >= 0.3 is 6.18 Å². The fourth-order valence-electron chi connectivity index (χ4n) is 1.25. The molecule has 0 unspecified atom stereocenters. The quantitative estimate of drug-likeness (QED) is 0.786. The van der Waals surface area contributed by atoms with Crippen LogP contribution in [0.5, 0.6) is 0 Å². The molecule has 0 aromatic heterocycles. The summed E-state index contributed by atoms with van der Waals surface area (Å²) in [6.07, 6.45) is -4.51. The highest BCUT2D eigenvalue weighted by molar-refractivity contribution is 9.10. The van der Waals surface area contributed by atoms with E-state index in [1.54, 1.807) is 6.07 Å². The second-order valence-corrected chi connectivity index (χ2v) is 4.37. The zero-order valence-electron chi connectivity index (χ0n) is 9.25. The topological polar surface area (TPSA) is 44.1 Å². The van der Waals surface area contributed by atoms with Crippen LogP contribution < -0.4 is 0 Å². The van der Waals surface area contributed by atoms with Crippen molar-refractivity contribution in [3.8, 4) is 6.07 Å². The van der Waals surface area contributed by atoms with Crippen molar-refractivity contribution in [2.75, 3.05) is 13.6 Å². The summed E-state index contributed by atoms with van der Waals surface area (Å²) in [6, 6.07) is 4.56. The van der Waals surface area contributed by atoms with E-state index in [9.17, 15) is 18.0 Å². The van der Waals surface area contributed by atoms with Crippen molar-refractivity contribution in [1.29, 1.82) is 5.26 Å². The molecule has 0 aliphatic carbocycles. The van der Waals surface area contributed by atoms with Crippen LogP contribution in [-0.2, 0) is 6.18 Å². The third kappa shape index (κ3) is 3.23. The molecular formula is C11H8BrF3N2O. The number of hydrogen-bond donors (Lipinski definition) is 0. The first-order valence-electron chi connectivity index (χ1n) is 4.76. The highest BCUT2D eigenvalue weighted by Crippen LogP contribution is 2.32. The Hall–Kier alpha value is -1.55. The monoisotopic (exact) mass is 320 g/mol. The van der Waals surface area contributed by atoms with Crippen LogP contribution in [0.15, 0.2) is 22.7 Å². The average molecular weight is 321 g/mol. The lowest BCUT2D eigenvalue weighted by Crippen LogP contribution is -2.27. The van der Waals surface area contributed by atoms with Gasteiger partial charge in [-0.15, -0.1) is 0 Å². The first-order valence-corrected chi connectivity index (χ1v) is 5.56. The molecule has 1 rings (SSSR count). The summed E-state index contributed by atoms with van der Waals surface area (Å²) in [4.78, 5) is 12.9. The number of rotatable bonds is 2. The molecule has 0 saturated carbocycles. The zero-order valence-corrected chi connectivity index (χ0v) is 10.8. The minimum absolute atomic E-state index is 0.123. The van der Waals surface area contributed by atoms with E-state index in [2.05, 4.69) is 15.9 Å². The van der Waals surface area contributed by atoms with Gasteiger partial charge in [-0.25, -0.2) is 0 Å². The standard InChI is InChI=1S/C11H8BrF3N2O/c1-17(5-4-16)10(18)8-6-7(11(13,14)15)2-3-9(8)12/h2-3,6H,5H2,1H3. The lowest BCUT2D eigenvalue weighted by atomic mass is 10.1. The van der Waals surface area contributed by atoms with Crippen LogP contribution in [0.3, 0.4) is 0 Å². The first kappa shape index (κ1) is 14.5. The van der Waals surface area contributed by atoms with Gasteiger partial charge in [0.05, 0.1) is 17.2 Å². The zero-order chi connectivity index (χ0) is 13.9. The predicted octanol–water partition coefficient (Wildman–Crippen LogP) is 3.06. The molecule has 0 aliphatic rings. The molecular weight excluding hydrogens is 313 g/mol. The van der Waals surface area contributed by atoms with Crippen LogP contribution in [0.2, 0.25) is 0 Å². The van der Waals surface area contributed by atoms with Crippen LogP contribution in [0.1, 0.15) is 15.9 Å². The summed E-state index contributed by atoms with van der Waals surface area (Å²) in [5.74, 6) is -0.644. The molecule has 0 bridgehead atoms. The number of nitrogens with zero attached hydrogens (tertiary/aromatic N) is 2. The Balaban J connectivity index is 3.17. The third-order valence-electron chi connectivity index (χ3n) is 2.18. The maximum atomic E-state index is 12.5. The number of benzene rings is 1. The molecule has 1 aromatic carbocycles. The van der Waals surface area contributed by atoms with Gasteiger partial charge in [0.25, 0.3) is 5.91 Å². The minimum atomic E-state index is -4.51. The molecule has 1 aromatic rings. The SMILES string of the molecule is CN(CC#N)C(=O)c1cc(C(F)(F)F)ccc1Br. The second kappa shape index (κ2) is 5.40. The van der Waals surface area contributed by atoms with E-state index in [0.29, 0.717) is 0 Å². The van der Waals surface area contributed by atoms with Crippen molar-refractivity contribution in [2.45, 2.75) is 6.18 Å². The van der Waals surface area contributed by atoms with Crippen molar-refractivity contribution in [1.82, 2.24) is 4.90 Å². The van der Waals surface area contributed by atoms with E-state index in [4.69, 9.17) is 5.26 Å². The maximum absolute atomic E-state index is 12.5. The van der Waals surface area contributed by atoms with E-state index >= 15 is 0 Å². The lowest BCUT2D eigenvalue weighted by Gasteiger charge is -2.15. The van der Waals surface area contributed by atoms with Crippen molar-refractivity contribution in [3.05, 3.63) is 33.8 Å². The summed E-state index contributed by atoms with van der Waals surface area (Å²) < 4.78 is 37.8. The van der Waals surface area contributed by atoms with E-state index in [0.717, 1.165) is 23.1 Å². The maximum Gasteiger partial charge on any atom is 0.416 e. The van der Waals surface area contributed by atoms with Gasteiger partial charge < -0.3 is 4.90 Å². The Morgan fingerprint density at radius 3 is 2.61 bits per heavy atom. The molecule has 0 spiro atoms. The van der Waals surface area contributed by atoms with Gasteiger partial charge in [-0.3, -0.25) is 4.79 Å². The van der Waals surface area contributed by atoms with E-state index < -0.39 is 17.6 Å². The Morgan fingerprint density at radius 1 is 1.50 bits per heavy atom. The predicted molar refractivity (Wildman–Crippen MR) is 61.7 cm³/mol.